The summed E-state index contributed by atoms with van der Waals surface area (Å²) in [6, 6.07) is 0.473. The number of carbonyl (C=O) groups excluding carboxylic acids is 1. The second-order valence-corrected chi connectivity index (χ2v) is 5.00. The van der Waals surface area contributed by atoms with Crippen LogP contribution in [0.15, 0.2) is 11.0 Å². The zero-order chi connectivity index (χ0) is 13.1. The number of amides is 1. The number of aromatic nitrogens is 2. The maximum Gasteiger partial charge on any atom is 0.323 e. The highest BCUT2D eigenvalue weighted by Gasteiger charge is 2.25. The number of nitrogens with zero attached hydrogens (tertiary/aromatic N) is 1. The predicted molar refractivity (Wildman–Crippen MR) is 68.6 cm³/mol. The molecule has 18 heavy (non-hydrogen) atoms. The van der Waals surface area contributed by atoms with Crippen molar-refractivity contribution in [1.82, 2.24) is 20.2 Å². The van der Waals surface area contributed by atoms with Crippen LogP contribution in [0.1, 0.15) is 37.2 Å². The molecule has 6 heteroatoms. The van der Waals surface area contributed by atoms with Crippen LogP contribution in [0, 0.1) is 0 Å². The van der Waals surface area contributed by atoms with E-state index in [4.69, 9.17) is 0 Å². The Morgan fingerprint density at radius 1 is 1.56 bits per heavy atom. The third-order valence-electron chi connectivity index (χ3n) is 3.29. The third kappa shape index (κ3) is 2.81. The number of H-pyrrole nitrogens is 2. The molecule has 6 nitrogen and oxygen atoms in total. The summed E-state index contributed by atoms with van der Waals surface area (Å²) >= 11 is 0. The summed E-state index contributed by atoms with van der Waals surface area (Å²) in [6.07, 6.45) is 3.69. The first kappa shape index (κ1) is 12.9. The summed E-state index contributed by atoms with van der Waals surface area (Å²) in [5.74, 6) is -0.128. The third-order valence-corrected chi connectivity index (χ3v) is 3.29. The van der Waals surface area contributed by atoms with Gasteiger partial charge in [0.2, 0.25) is 0 Å². The molecule has 0 aromatic carbocycles. The molecular weight excluding hydrogens is 232 g/mol. The van der Waals surface area contributed by atoms with Gasteiger partial charge in [-0.3, -0.25) is 4.79 Å². The van der Waals surface area contributed by atoms with Gasteiger partial charge in [0.1, 0.15) is 5.69 Å². The van der Waals surface area contributed by atoms with Crippen molar-refractivity contribution in [2.45, 2.75) is 38.8 Å². The molecular formula is C12H20N4O2. The number of hydrogen-bond acceptors (Lipinski definition) is 3. The normalized spacial score (nSPS) is 19.4. The van der Waals surface area contributed by atoms with Crippen LogP contribution >= 0.6 is 0 Å². The predicted octanol–water partition coefficient (Wildman–Crippen LogP) is 0.306. The van der Waals surface area contributed by atoms with E-state index in [9.17, 15) is 9.59 Å². The average Bonchev–Trinajstić information content (AvgIpc) is 2.95. The first-order valence-electron chi connectivity index (χ1n) is 6.40. The molecule has 2 heterocycles. The van der Waals surface area contributed by atoms with Crippen LogP contribution in [0.2, 0.25) is 0 Å². The molecule has 0 spiro atoms. The van der Waals surface area contributed by atoms with Crippen molar-refractivity contribution in [1.29, 1.82) is 0 Å². The molecule has 0 bridgehead atoms. The highest BCUT2D eigenvalue weighted by atomic mass is 16.2. The molecule has 2 rings (SSSR count). The number of rotatable bonds is 4. The zero-order valence-corrected chi connectivity index (χ0v) is 10.8. The monoisotopic (exact) mass is 252 g/mol. The maximum absolute atomic E-state index is 12.3. The lowest BCUT2D eigenvalue weighted by molar-refractivity contribution is 0.0683. The smallest absolute Gasteiger partial charge is 0.323 e. The lowest BCUT2D eigenvalue weighted by Crippen LogP contribution is -2.45. The van der Waals surface area contributed by atoms with E-state index >= 15 is 0 Å². The van der Waals surface area contributed by atoms with Crippen molar-refractivity contribution in [3.63, 3.8) is 0 Å². The van der Waals surface area contributed by atoms with Gasteiger partial charge in [-0.15, -0.1) is 0 Å². The van der Waals surface area contributed by atoms with Crippen molar-refractivity contribution >= 4 is 5.91 Å². The lowest BCUT2D eigenvalue weighted by Gasteiger charge is -2.29. The van der Waals surface area contributed by atoms with Gasteiger partial charge >= 0.3 is 5.69 Å². The summed E-state index contributed by atoms with van der Waals surface area (Å²) in [4.78, 5) is 30.1. The Kier molecular flexibility index (Phi) is 3.86. The van der Waals surface area contributed by atoms with Gasteiger partial charge in [0.25, 0.3) is 5.91 Å². The van der Waals surface area contributed by atoms with Crippen molar-refractivity contribution < 1.29 is 4.79 Å². The Hall–Kier alpha value is -1.56. The molecule has 1 aromatic rings. The van der Waals surface area contributed by atoms with Gasteiger partial charge in [-0.1, -0.05) is 0 Å². The van der Waals surface area contributed by atoms with Crippen LogP contribution in [0.5, 0.6) is 0 Å². The maximum atomic E-state index is 12.3. The van der Waals surface area contributed by atoms with Crippen molar-refractivity contribution in [3.05, 3.63) is 22.4 Å². The highest BCUT2D eigenvalue weighted by molar-refractivity contribution is 5.92. The second-order valence-electron chi connectivity index (χ2n) is 5.00. The Morgan fingerprint density at radius 3 is 2.83 bits per heavy atom. The fourth-order valence-corrected chi connectivity index (χ4v) is 2.28. The van der Waals surface area contributed by atoms with E-state index in [0.717, 1.165) is 19.4 Å². The number of imidazole rings is 1. The van der Waals surface area contributed by atoms with Gasteiger partial charge in [0.15, 0.2) is 0 Å². The van der Waals surface area contributed by atoms with Gasteiger partial charge in [-0.25, -0.2) is 4.79 Å². The van der Waals surface area contributed by atoms with E-state index < -0.39 is 0 Å². The molecule has 100 valence electrons. The van der Waals surface area contributed by atoms with E-state index in [2.05, 4.69) is 15.3 Å². The molecule has 1 saturated heterocycles. The fraction of sp³-hybridized carbons (Fsp3) is 0.667. The summed E-state index contributed by atoms with van der Waals surface area (Å²) < 4.78 is 0. The van der Waals surface area contributed by atoms with Crippen LogP contribution < -0.4 is 11.0 Å². The van der Waals surface area contributed by atoms with Crippen molar-refractivity contribution in [2.24, 2.45) is 0 Å². The van der Waals surface area contributed by atoms with Gasteiger partial charge < -0.3 is 20.2 Å². The largest absolute Gasteiger partial charge is 0.333 e. The van der Waals surface area contributed by atoms with Gasteiger partial charge in [0.05, 0.1) is 0 Å². The number of nitrogens with one attached hydrogen (secondary N) is 3. The summed E-state index contributed by atoms with van der Waals surface area (Å²) in [7, 11) is 0. The van der Waals surface area contributed by atoms with E-state index in [0.29, 0.717) is 18.3 Å². The first-order valence-corrected chi connectivity index (χ1v) is 6.40. The molecule has 0 saturated carbocycles. The minimum absolute atomic E-state index is 0.110. The SMILES string of the molecule is CC(C)N(CC1CCCN1)C(=O)c1c[nH]c(=O)[nH]1. The minimum Gasteiger partial charge on any atom is -0.333 e. The van der Waals surface area contributed by atoms with Gasteiger partial charge in [-0.2, -0.15) is 0 Å². The molecule has 3 N–H and O–H groups in total. The van der Waals surface area contributed by atoms with Crippen LogP contribution in [-0.2, 0) is 0 Å². The molecule has 1 aromatic heterocycles. The van der Waals surface area contributed by atoms with E-state index in [1.165, 1.54) is 6.20 Å². The highest BCUT2D eigenvalue weighted by Crippen LogP contribution is 2.11. The molecule has 1 amide bonds. The number of aromatic amines is 2. The minimum atomic E-state index is -0.346. The number of carbonyl (C=O) groups is 1. The van der Waals surface area contributed by atoms with Crippen molar-refractivity contribution in [3.8, 4) is 0 Å². The Labute approximate surface area is 106 Å². The Balaban J connectivity index is 2.09. The van der Waals surface area contributed by atoms with Gasteiger partial charge in [0, 0.05) is 24.8 Å². The Bertz CT molecular complexity index is 457. The second kappa shape index (κ2) is 5.39. The summed E-state index contributed by atoms with van der Waals surface area (Å²) in [5.41, 5.74) is -0.0206. The summed E-state index contributed by atoms with van der Waals surface area (Å²) in [5, 5.41) is 3.38. The van der Waals surface area contributed by atoms with Crippen LogP contribution in [-0.4, -0.2) is 45.9 Å². The molecule has 0 radical (unpaired) electrons. The molecule has 1 fully saturated rings. The quantitative estimate of drug-likeness (QED) is 0.721. The van der Waals surface area contributed by atoms with E-state index in [1.54, 1.807) is 4.90 Å². The van der Waals surface area contributed by atoms with Crippen LogP contribution in [0.4, 0.5) is 0 Å². The molecule has 1 aliphatic heterocycles. The standard InChI is InChI=1S/C12H20N4O2/c1-8(2)16(7-9-4-3-5-13-9)11(17)10-6-14-12(18)15-10/h6,8-9,13H,3-5,7H2,1-2H3,(H2,14,15,18). The number of hydrogen-bond donors (Lipinski definition) is 3. The van der Waals surface area contributed by atoms with Gasteiger partial charge in [-0.05, 0) is 33.2 Å². The van der Waals surface area contributed by atoms with Crippen LogP contribution in [0.3, 0.4) is 0 Å². The molecule has 1 atom stereocenters. The molecule has 1 aliphatic rings. The Morgan fingerprint density at radius 2 is 2.33 bits per heavy atom. The van der Waals surface area contributed by atoms with E-state index in [1.807, 2.05) is 13.8 Å². The average molecular weight is 252 g/mol. The lowest BCUT2D eigenvalue weighted by atomic mass is 10.2. The van der Waals surface area contributed by atoms with E-state index in [-0.39, 0.29) is 17.6 Å². The summed E-state index contributed by atoms with van der Waals surface area (Å²) in [6.45, 7) is 5.67. The molecule has 0 aliphatic carbocycles. The zero-order valence-electron chi connectivity index (χ0n) is 10.8. The van der Waals surface area contributed by atoms with Crippen LogP contribution in [0.25, 0.3) is 0 Å². The topological polar surface area (TPSA) is 81.0 Å². The first-order chi connectivity index (χ1) is 8.58. The molecule has 1 unspecified atom stereocenters. The van der Waals surface area contributed by atoms with Crippen molar-refractivity contribution in [2.75, 3.05) is 13.1 Å². The fourth-order valence-electron chi connectivity index (χ4n) is 2.28.